The SMILES string of the molecule is O=C(c1cc(-c2ccccc2)on1)N1C[C@H](O)[C@@H](N2CCc3ccccc3C2)C1. The minimum atomic E-state index is -0.565. The number of nitrogens with zero attached hydrogens (tertiary/aromatic N) is 3. The van der Waals surface area contributed by atoms with Crippen molar-refractivity contribution in [3.8, 4) is 11.3 Å². The Hall–Kier alpha value is -2.96. The van der Waals surface area contributed by atoms with Gasteiger partial charge >= 0.3 is 0 Å². The van der Waals surface area contributed by atoms with Crippen LogP contribution in [-0.4, -0.2) is 57.8 Å². The van der Waals surface area contributed by atoms with Crippen LogP contribution in [0.2, 0.25) is 0 Å². The Morgan fingerprint density at radius 2 is 1.79 bits per heavy atom. The van der Waals surface area contributed by atoms with Gasteiger partial charge in [-0.3, -0.25) is 9.69 Å². The number of carbonyl (C=O) groups is 1. The molecule has 0 radical (unpaired) electrons. The maximum Gasteiger partial charge on any atom is 0.276 e. The molecule has 6 nitrogen and oxygen atoms in total. The molecule has 1 aromatic heterocycles. The van der Waals surface area contributed by atoms with E-state index in [0.29, 0.717) is 18.8 Å². The molecule has 0 unspecified atom stereocenters. The van der Waals surface area contributed by atoms with Crippen LogP contribution in [0.25, 0.3) is 11.3 Å². The Morgan fingerprint density at radius 1 is 1.03 bits per heavy atom. The van der Waals surface area contributed by atoms with Crippen molar-refractivity contribution in [2.45, 2.75) is 25.1 Å². The molecule has 3 heterocycles. The summed E-state index contributed by atoms with van der Waals surface area (Å²) >= 11 is 0. The molecule has 2 aliphatic heterocycles. The van der Waals surface area contributed by atoms with E-state index in [-0.39, 0.29) is 17.6 Å². The van der Waals surface area contributed by atoms with Crippen LogP contribution in [0.4, 0.5) is 0 Å². The van der Waals surface area contributed by atoms with Gasteiger partial charge in [-0.2, -0.15) is 0 Å². The maximum absolute atomic E-state index is 12.9. The van der Waals surface area contributed by atoms with Crippen molar-refractivity contribution in [2.75, 3.05) is 19.6 Å². The fourth-order valence-electron chi connectivity index (χ4n) is 4.37. The highest BCUT2D eigenvalue weighted by atomic mass is 16.5. The zero-order valence-electron chi connectivity index (χ0n) is 16.1. The number of rotatable bonds is 3. The Labute approximate surface area is 169 Å². The monoisotopic (exact) mass is 389 g/mol. The molecule has 0 bridgehead atoms. The lowest BCUT2D eigenvalue weighted by atomic mass is 9.98. The molecule has 2 aliphatic rings. The van der Waals surface area contributed by atoms with Crippen molar-refractivity contribution in [1.29, 1.82) is 0 Å². The zero-order valence-corrected chi connectivity index (χ0v) is 16.1. The number of hydrogen-bond donors (Lipinski definition) is 1. The molecule has 1 N–H and O–H groups in total. The average Bonchev–Trinajstić information content (AvgIpc) is 3.41. The van der Waals surface area contributed by atoms with Crippen LogP contribution in [0.3, 0.4) is 0 Å². The molecule has 1 amide bonds. The summed E-state index contributed by atoms with van der Waals surface area (Å²) in [5.41, 5.74) is 3.84. The van der Waals surface area contributed by atoms with Gasteiger partial charge in [-0.25, -0.2) is 0 Å². The lowest BCUT2D eigenvalue weighted by molar-refractivity contribution is 0.0732. The Kier molecular flexibility index (Phi) is 4.66. The lowest BCUT2D eigenvalue weighted by Crippen LogP contribution is -2.45. The van der Waals surface area contributed by atoms with Crippen molar-refractivity contribution in [1.82, 2.24) is 15.0 Å². The summed E-state index contributed by atoms with van der Waals surface area (Å²) < 4.78 is 5.37. The summed E-state index contributed by atoms with van der Waals surface area (Å²) in [7, 11) is 0. The van der Waals surface area contributed by atoms with E-state index in [2.05, 4.69) is 34.3 Å². The van der Waals surface area contributed by atoms with E-state index in [0.717, 1.165) is 25.1 Å². The van der Waals surface area contributed by atoms with Crippen molar-refractivity contribution in [2.24, 2.45) is 0 Å². The first-order valence-electron chi connectivity index (χ1n) is 9.99. The summed E-state index contributed by atoms with van der Waals surface area (Å²) in [6.45, 7) is 2.51. The molecule has 0 spiro atoms. The summed E-state index contributed by atoms with van der Waals surface area (Å²) in [6.07, 6.45) is 0.404. The number of aromatic nitrogens is 1. The predicted octanol–water partition coefficient (Wildman–Crippen LogP) is 2.59. The van der Waals surface area contributed by atoms with Crippen LogP contribution in [0, 0.1) is 0 Å². The summed E-state index contributed by atoms with van der Waals surface area (Å²) in [5.74, 6) is 0.368. The molecule has 2 atom stereocenters. The minimum Gasteiger partial charge on any atom is -0.390 e. The highest BCUT2D eigenvalue weighted by Gasteiger charge is 2.39. The first kappa shape index (κ1) is 18.1. The minimum absolute atomic E-state index is 0.0622. The molecule has 0 saturated carbocycles. The lowest BCUT2D eigenvalue weighted by Gasteiger charge is -2.34. The molecule has 1 fully saturated rings. The number of benzene rings is 2. The number of hydrogen-bond acceptors (Lipinski definition) is 5. The van der Waals surface area contributed by atoms with Gasteiger partial charge in [0.1, 0.15) is 0 Å². The highest BCUT2D eigenvalue weighted by Crippen LogP contribution is 2.26. The van der Waals surface area contributed by atoms with Crippen molar-refractivity contribution in [3.63, 3.8) is 0 Å². The largest absolute Gasteiger partial charge is 0.390 e. The number of aliphatic hydroxyl groups excluding tert-OH is 1. The van der Waals surface area contributed by atoms with Crippen LogP contribution in [0.15, 0.2) is 65.2 Å². The predicted molar refractivity (Wildman–Crippen MR) is 108 cm³/mol. The second kappa shape index (κ2) is 7.46. The number of fused-ring (bicyclic) bond motifs is 1. The van der Waals surface area contributed by atoms with E-state index in [1.807, 2.05) is 30.3 Å². The normalized spacial score (nSPS) is 21.9. The topological polar surface area (TPSA) is 69.8 Å². The van der Waals surface area contributed by atoms with E-state index in [4.69, 9.17) is 4.52 Å². The number of carbonyl (C=O) groups excluding carboxylic acids is 1. The molecule has 1 saturated heterocycles. The van der Waals surface area contributed by atoms with Gasteiger partial charge in [0.25, 0.3) is 5.91 Å². The van der Waals surface area contributed by atoms with Crippen molar-refractivity contribution < 1.29 is 14.4 Å². The molecule has 3 aromatic rings. The molecular formula is C23H23N3O3. The van der Waals surface area contributed by atoms with E-state index in [1.54, 1.807) is 11.0 Å². The Balaban J connectivity index is 1.29. The van der Waals surface area contributed by atoms with E-state index >= 15 is 0 Å². The van der Waals surface area contributed by atoms with Gasteiger partial charge < -0.3 is 14.5 Å². The first-order valence-corrected chi connectivity index (χ1v) is 9.99. The van der Waals surface area contributed by atoms with Gasteiger partial charge in [0.2, 0.25) is 0 Å². The molecule has 29 heavy (non-hydrogen) atoms. The molecule has 0 aliphatic carbocycles. The van der Waals surface area contributed by atoms with Crippen LogP contribution in [0.1, 0.15) is 21.6 Å². The third-order valence-corrected chi connectivity index (χ3v) is 5.96. The van der Waals surface area contributed by atoms with E-state index in [1.165, 1.54) is 11.1 Å². The maximum atomic E-state index is 12.9. The molecule has 5 rings (SSSR count). The third-order valence-electron chi connectivity index (χ3n) is 5.96. The van der Waals surface area contributed by atoms with Gasteiger partial charge in [0.15, 0.2) is 11.5 Å². The van der Waals surface area contributed by atoms with Crippen LogP contribution >= 0.6 is 0 Å². The molecule has 6 heteroatoms. The number of β-amino-alcohol motifs (C(OH)–C–C–N with tert-alkyl or cyclic N) is 1. The number of aliphatic hydroxyl groups is 1. The first-order chi connectivity index (χ1) is 14.2. The van der Waals surface area contributed by atoms with Gasteiger partial charge in [0, 0.05) is 37.8 Å². The van der Waals surface area contributed by atoms with E-state index in [9.17, 15) is 9.90 Å². The second-order valence-corrected chi connectivity index (χ2v) is 7.78. The van der Waals surface area contributed by atoms with Gasteiger partial charge in [-0.05, 0) is 17.5 Å². The fourth-order valence-corrected chi connectivity index (χ4v) is 4.37. The summed E-state index contributed by atoms with van der Waals surface area (Å²) in [5, 5.41) is 14.6. The third kappa shape index (κ3) is 3.45. The summed E-state index contributed by atoms with van der Waals surface area (Å²) in [4.78, 5) is 16.9. The van der Waals surface area contributed by atoms with Crippen molar-refractivity contribution in [3.05, 3.63) is 77.5 Å². The van der Waals surface area contributed by atoms with Crippen LogP contribution in [0.5, 0.6) is 0 Å². The number of likely N-dealkylation sites (tertiary alicyclic amines) is 1. The fraction of sp³-hybridized carbons (Fsp3) is 0.304. The molecule has 2 aromatic carbocycles. The number of amides is 1. The van der Waals surface area contributed by atoms with Crippen molar-refractivity contribution >= 4 is 5.91 Å². The summed E-state index contributed by atoms with van der Waals surface area (Å²) in [6, 6.07) is 19.6. The van der Waals surface area contributed by atoms with Crippen LogP contribution in [-0.2, 0) is 13.0 Å². The molecular weight excluding hydrogens is 366 g/mol. The van der Waals surface area contributed by atoms with Gasteiger partial charge in [-0.1, -0.05) is 59.8 Å². The molecule has 148 valence electrons. The quantitative estimate of drug-likeness (QED) is 0.746. The highest BCUT2D eigenvalue weighted by molar-refractivity contribution is 5.93. The van der Waals surface area contributed by atoms with Gasteiger partial charge in [0.05, 0.1) is 12.1 Å². The standard InChI is InChI=1S/C23H23N3O3/c27-21-15-26(14-20(21)25-11-10-16-6-4-5-9-18(16)13-25)23(28)19-12-22(29-24-19)17-7-2-1-3-8-17/h1-9,12,20-21,27H,10-11,13-15H2/t20-,21-/m0/s1. The zero-order chi connectivity index (χ0) is 19.8. The smallest absolute Gasteiger partial charge is 0.276 e. The second-order valence-electron chi connectivity index (χ2n) is 7.78. The van der Waals surface area contributed by atoms with E-state index < -0.39 is 6.10 Å². The average molecular weight is 389 g/mol. The Bertz CT molecular complexity index is 1020. The van der Waals surface area contributed by atoms with Gasteiger partial charge in [-0.15, -0.1) is 0 Å². The van der Waals surface area contributed by atoms with Crippen LogP contribution < -0.4 is 0 Å². The Morgan fingerprint density at radius 3 is 2.62 bits per heavy atom.